The molecule has 7 nitrogen and oxygen atoms in total. The number of rotatable bonds is 2. The van der Waals surface area contributed by atoms with Crippen LogP contribution < -0.4 is 10.4 Å². The zero-order chi connectivity index (χ0) is 21.5. The number of fused-ring (bicyclic) bond motifs is 1. The molecule has 0 aliphatic carbocycles. The van der Waals surface area contributed by atoms with Gasteiger partial charge in [-0.1, -0.05) is 0 Å². The molecule has 7 heteroatoms. The summed E-state index contributed by atoms with van der Waals surface area (Å²) < 4.78 is 16.4. The number of nitrogens with zero attached hydrogens (tertiary/aromatic N) is 1. The van der Waals surface area contributed by atoms with E-state index in [4.69, 9.17) is 13.9 Å². The fourth-order valence-electron chi connectivity index (χ4n) is 3.46. The molecule has 1 aromatic carbocycles. The molecule has 0 radical (unpaired) electrons. The van der Waals surface area contributed by atoms with Crippen molar-refractivity contribution in [1.29, 1.82) is 0 Å². The molecule has 156 valence electrons. The Labute approximate surface area is 169 Å². The second-order valence-electron chi connectivity index (χ2n) is 8.46. The molecule has 1 aliphatic rings. The van der Waals surface area contributed by atoms with Gasteiger partial charge in [0.2, 0.25) is 0 Å². The second kappa shape index (κ2) is 7.54. The normalized spacial score (nSPS) is 16.9. The lowest BCUT2D eigenvalue weighted by Gasteiger charge is -2.27. The molecule has 1 atom stereocenters. The van der Waals surface area contributed by atoms with Gasteiger partial charge in [0.1, 0.15) is 23.0 Å². The summed E-state index contributed by atoms with van der Waals surface area (Å²) in [5.41, 5.74) is 1.31. The molecule has 1 aliphatic heterocycles. The van der Waals surface area contributed by atoms with Gasteiger partial charge in [-0.2, -0.15) is 0 Å². The van der Waals surface area contributed by atoms with Crippen LogP contribution in [0.1, 0.15) is 50.3 Å². The van der Waals surface area contributed by atoms with Gasteiger partial charge in [-0.05, 0) is 72.1 Å². The van der Waals surface area contributed by atoms with Gasteiger partial charge in [-0.15, -0.1) is 0 Å². The smallest absolute Gasteiger partial charge is 0.411 e. The fourth-order valence-corrected chi connectivity index (χ4v) is 3.46. The van der Waals surface area contributed by atoms with Gasteiger partial charge in [0.05, 0.1) is 0 Å². The summed E-state index contributed by atoms with van der Waals surface area (Å²) in [5, 5.41) is 0.802. The first kappa shape index (κ1) is 20.9. The molecule has 1 amide bonds. The largest absolute Gasteiger partial charge is 0.444 e. The molecule has 2 heterocycles. The number of benzene rings is 1. The lowest BCUT2D eigenvalue weighted by atomic mass is 10.0. The van der Waals surface area contributed by atoms with Gasteiger partial charge in [-0.3, -0.25) is 4.90 Å². The van der Waals surface area contributed by atoms with Crippen molar-refractivity contribution >= 4 is 23.0 Å². The van der Waals surface area contributed by atoms with E-state index in [1.807, 2.05) is 6.92 Å². The van der Waals surface area contributed by atoms with Gasteiger partial charge in [-0.25, -0.2) is 14.4 Å². The molecule has 0 N–H and O–H groups in total. The molecule has 1 fully saturated rings. The molecule has 0 unspecified atom stereocenters. The van der Waals surface area contributed by atoms with Gasteiger partial charge < -0.3 is 13.9 Å². The molecule has 2 aromatic rings. The Hall–Kier alpha value is -2.83. The third kappa shape index (κ3) is 4.13. The van der Waals surface area contributed by atoms with E-state index in [1.165, 1.54) is 4.90 Å². The number of carbonyl (C=O) groups excluding carboxylic acids is 2. The highest BCUT2D eigenvalue weighted by Gasteiger charge is 2.38. The summed E-state index contributed by atoms with van der Waals surface area (Å²) in [4.78, 5) is 38.7. The van der Waals surface area contributed by atoms with Crippen LogP contribution in [0.15, 0.2) is 21.3 Å². The van der Waals surface area contributed by atoms with Crippen LogP contribution in [0.3, 0.4) is 0 Å². The summed E-state index contributed by atoms with van der Waals surface area (Å²) in [6, 6.07) is 2.76. The number of hydrogen-bond acceptors (Lipinski definition) is 6. The van der Waals surface area contributed by atoms with E-state index in [0.717, 1.165) is 10.9 Å². The van der Waals surface area contributed by atoms with E-state index in [1.54, 1.807) is 46.8 Å². The first-order valence-corrected chi connectivity index (χ1v) is 9.74. The molecule has 29 heavy (non-hydrogen) atoms. The number of amides is 1. The number of carbonyl (C=O) groups is 2. The molecular weight excluding hydrogens is 374 g/mol. The summed E-state index contributed by atoms with van der Waals surface area (Å²) in [6.07, 6.45) is 0.686. The van der Waals surface area contributed by atoms with E-state index in [-0.39, 0.29) is 0 Å². The van der Waals surface area contributed by atoms with Gasteiger partial charge in [0.25, 0.3) is 0 Å². The third-order valence-corrected chi connectivity index (χ3v) is 5.19. The maximum Gasteiger partial charge on any atom is 0.411 e. The highest BCUT2D eigenvalue weighted by atomic mass is 16.6. The molecule has 0 saturated carbocycles. The Morgan fingerprint density at radius 1 is 1.10 bits per heavy atom. The first-order chi connectivity index (χ1) is 13.5. The van der Waals surface area contributed by atoms with Crippen LogP contribution in [-0.4, -0.2) is 35.2 Å². The zero-order valence-electron chi connectivity index (χ0n) is 17.8. The first-order valence-electron chi connectivity index (χ1n) is 9.74. The summed E-state index contributed by atoms with van der Waals surface area (Å²) in [7, 11) is 0. The maximum absolute atomic E-state index is 12.8. The molecule has 3 rings (SSSR count). The Kier molecular flexibility index (Phi) is 5.43. The van der Waals surface area contributed by atoms with E-state index in [0.29, 0.717) is 41.8 Å². The average molecular weight is 401 g/mol. The minimum Gasteiger partial charge on any atom is -0.444 e. The predicted molar refractivity (Wildman–Crippen MR) is 108 cm³/mol. The molecular formula is C22H27NO6. The molecule has 0 bridgehead atoms. The van der Waals surface area contributed by atoms with Crippen LogP contribution in [0.2, 0.25) is 0 Å². The van der Waals surface area contributed by atoms with Crippen molar-refractivity contribution in [3.63, 3.8) is 0 Å². The highest BCUT2D eigenvalue weighted by Crippen LogP contribution is 2.30. The maximum atomic E-state index is 12.8. The quantitative estimate of drug-likeness (QED) is 0.429. The summed E-state index contributed by atoms with van der Waals surface area (Å²) >= 11 is 0. The van der Waals surface area contributed by atoms with Gasteiger partial charge in [0, 0.05) is 23.1 Å². The van der Waals surface area contributed by atoms with Crippen LogP contribution >= 0.6 is 0 Å². The highest BCUT2D eigenvalue weighted by molar-refractivity contribution is 5.88. The molecule has 1 saturated heterocycles. The van der Waals surface area contributed by atoms with E-state index in [2.05, 4.69) is 0 Å². The van der Waals surface area contributed by atoms with Crippen molar-refractivity contribution in [2.24, 2.45) is 0 Å². The fraction of sp³-hybridized carbons (Fsp3) is 0.500. The lowest BCUT2D eigenvalue weighted by molar-refractivity contribution is -0.139. The second-order valence-corrected chi connectivity index (χ2v) is 8.46. The number of hydrogen-bond donors (Lipinski definition) is 0. The minimum absolute atomic E-state index is 0.310. The van der Waals surface area contributed by atoms with E-state index < -0.39 is 29.3 Å². The Bertz CT molecular complexity index is 1030. The Morgan fingerprint density at radius 2 is 1.79 bits per heavy atom. The SMILES string of the molecule is Cc1c(C)c2ccc(OC(=O)[C@@H]3CCCN3C(=O)OC(C)(C)C)c(C)c2oc1=O. The topological polar surface area (TPSA) is 86.1 Å². The number of aryl methyl sites for hydroxylation is 2. The van der Waals surface area contributed by atoms with Crippen molar-refractivity contribution < 1.29 is 23.5 Å². The van der Waals surface area contributed by atoms with Crippen molar-refractivity contribution in [2.45, 2.75) is 66.0 Å². The Balaban J connectivity index is 1.86. The number of esters is 1. The third-order valence-electron chi connectivity index (χ3n) is 5.19. The number of likely N-dealkylation sites (tertiary alicyclic amines) is 1. The van der Waals surface area contributed by atoms with Gasteiger partial charge >= 0.3 is 17.7 Å². The molecule has 1 aromatic heterocycles. The van der Waals surface area contributed by atoms with E-state index in [9.17, 15) is 14.4 Å². The van der Waals surface area contributed by atoms with Crippen LogP contribution in [-0.2, 0) is 9.53 Å². The molecule has 0 spiro atoms. The Morgan fingerprint density at radius 3 is 2.45 bits per heavy atom. The standard InChI is InChI=1S/C22H27NO6/c1-12-13(2)19(24)28-18-14(3)17(10-9-15(12)18)27-20(25)16-8-7-11-23(16)21(26)29-22(4,5)6/h9-10,16H,7-8,11H2,1-6H3/t16-/m0/s1. The van der Waals surface area contributed by atoms with Crippen LogP contribution in [0.4, 0.5) is 4.79 Å². The lowest BCUT2D eigenvalue weighted by Crippen LogP contribution is -2.44. The summed E-state index contributed by atoms with van der Waals surface area (Å²) in [5.74, 6) is -0.216. The minimum atomic E-state index is -0.702. The average Bonchev–Trinajstić information content (AvgIpc) is 3.11. The van der Waals surface area contributed by atoms with Crippen molar-refractivity contribution in [1.82, 2.24) is 4.90 Å². The predicted octanol–water partition coefficient (Wildman–Crippen LogP) is 4.02. The van der Waals surface area contributed by atoms with Crippen LogP contribution in [0, 0.1) is 20.8 Å². The van der Waals surface area contributed by atoms with Crippen molar-refractivity contribution in [3.05, 3.63) is 39.2 Å². The van der Waals surface area contributed by atoms with Crippen LogP contribution in [0.25, 0.3) is 11.0 Å². The zero-order valence-corrected chi connectivity index (χ0v) is 17.8. The number of ether oxygens (including phenoxy) is 2. The van der Waals surface area contributed by atoms with E-state index >= 15 is 0 Å². The van der Waals surface area contributed by atoms with Crippen molar-refractivity contribution in [3.8, 4) is 5.75 Å². The van der Waals surface area contributed by atoms with Crippen LogP contribution in [0.5, 0.6) is 5.75 Å². The van der Waals surface area contributed by atoms with Gasteiger partial charge in [0.15, 0.2) is 0 Å². The van der Waals surface area contributed by atoms with Crippen molar-refractivity contribution in [2.75, 3.05) is 6.54 Å². The summed E-state index contributed by atoms with van der Waals surface area (Å²) in [6.45, 7) is 11.1. The monoisotopic (exact) mass is 401 g/mol.